The Hall–Kier alpha value is -3.20. The molecule has 0 aliphatic heterocycles. The summed E-state index contributed by atoms with van der Waals surface area (Å²) in [6, 6.07) is 26.4. The number of rotatable bonds is 3. The standard InChI is InChI=1S/C20H15N3/c1-2-9-18(10-3-1)23-14-12-20(22-23)17-8-6-7-16(15-17)19-11-4-5-13-21-19/h1-15H. The number of para-hydroxylation sites is 1. The average Bonchev–Trinajstić information content (AvgIpc) is 3.14. The van der Waals surface area contributed by atoms with Crippen molar-refractivity contribution in [2.75, 3.05) is 0 Å². The molecule has 0 aliphatic carbocycles. The smallest absolute Gasteiger partial charge is 0.0927 e. The van der Waals surface area contributed by atoms with Gasteiger partial charge in [0.05, 0.1) is 17.1 Å². The molecule has 23 heavy (non-hydrogen) atoms. The topological polar surface area (TPSA) is 30.7 Å². The maximum Gasteiger partial charge on any atom is 0.0927 e. The molecule has 0 fully saturated rings. The Balaban J connectivity index is 1.71. The van der Waals surface area contributed by atoms with E-state index in [2.05, 4.69) is 28.3 Å². The lowest BCUT2D eigenvalue weighted by atomic mass is 10.1. The van der Waals surface area contributed by atoms with E-state index in [0.717, 1.165) is 28.2 Å². The highest BCUT2D eigenvalue weighted by Gasteiger charge is 2.06. The minimum absolute atomic E-state index is 0.951. The van der Waals surface area contributed by atoms with Crippen molar-refractivity contribution in [3.63, 3.8) is 0 Å². The molecule has 0 atom stereocenters. The molecule has 0 saturated carbocycles. The average molecular weight is 297 g/mol. The first-order valence-electron chi connectivity index (χ1n) is 7.53. The second-order valence-electron chi connectivity index (χ2n) is 5.28. The van der Waals surface area contributed by atoms with Gasteiger partial charge in [-0.2, -0.15) is 5.10 Å². The molecule has 0 amide bonds. The van der Waals surface area contributed by atoms with Gasteiger partial charge in [-0.25, -0.2) is 4.68 Å². The summed E-state index contributed by atoms with van der Waals surface area (Å²) in [6.07, 6.45) is 3.80. The van der Waals surface area contributed by atoms with Crippen LogP contribution in [0.25, 0.3) is 28.2 Å². The molecule has 2 aromatic heterocycles. The molecular formula is C20H15N3. The number of nitrogens with zero attached hydrogens (tertiary/aromatic N) is 3. The first-order valence-corrected chi connectivity index (χ1v) is 7.53. The van der Waals surface area contributed by atoms with Crippen molar-refractivity contribution < 1.29 is 0 Å². The van der Waals surface area contributed by atoms with E-state index < -0.39 is 0 Å². The molecule has 0 saturated heterocycles. The number of hydrogen-bond donors (Lipinski definition) is 0. The van der Waals surface area contributed by atoms with Crippen LogP contribution in [-0.2, 0) is 0 Å². The van der Waals surface area contributed by atoms with Crippen LogP contribution < -0.4 is 0 Å². The van der Waals surface area contributed by atoms with Gasteiger partial charge in [0.2, 0.25) is 0 Å². The Labute approximate surface area is 134 Å². The van der Waals surface area contributed by atoms with Crippen molar-refractivity contribution in [1.29, 1.82) is 0 Å². The molecule has 4 rings (SSSR count). The van der Waals surface area contributed by atoms with Gasteiger partial charge in [-0.3, -0.25) is 4.98 Å². The third kappa shape index (κ3) is 2.77. The van der Waals surface area contributed by atoms with Gasteiger partial charge < -0.3 is 0 Å². The molecule has 3 nitrogen and oxygen atoms in total. The summed E-state index contributed by atoms with van der Waals surface area (Å²) in [6.45, 7) is 0. The monoisotopic (exact) mass is 297 g/mol. The van der Waals surface area contributed by atoms with Gasteiger partial charge >= 0.3 is 0 Å². The normalized spacial score (nSPS) is 10.6. The van der Waals surface area contributed by atoms with Crippen molar-refractivity contribution in [3.05, 3.63) is 91.3 Å². The first-order chi connectivity index (χ1) is 11.4. The number of hydrogen-bond acceptors (Lipinski definition) is 2. The number of benzene rings is 2. The van der Waals surface area contributed by atoms with Crippen molar-refractivity contribution in [2.45, 2.75) is 0 Å². The fourth-order valence-electron chi connectivity index (χ4n) is 2.57. The van der Waals surface area contributed by atoms with Gasteiger partial charge in [-0.15, -0.1) is 0 Å². The zero-order chi connectivity index (χ0) is 15.5. The van der Waals surface area contributed by atoms with Crippen LogP contribution in [-0.4, -0.2) is 14.8 Å². The Bertz CT molecular complexity index is 912. The Kier molecular flexibility index (Phi) is 3.45. The molecule has 110 valence electrons. The van der Waals surface area contributed by atoms with Crippen molar-refractivity contribution in [1.82, 2.24) is 14.8 Å². The predicted molar refractivity (Wildman–Crippen MR) is 92.2 cm³/mol. The summed E-state index contributed by atoms with van der Waals surface area (Å²) in [7, 11) is 0. The van der Waals surface area contributed by atoms with Crippen LogP contribution in [0.15, 0.2) is 91.3 Å². The van der Waals surface area contributed by atoms with Crippen LogP contribution in [0.3, 0.4) is 0 Å². The molecule has 3 heteroatoms. The minimum atomic E-state index is 0.951. The van der Waals surface area contributed by atoms with E-state index in [1.165, 1.54) is 0 Å². The van der Waals surface area contributed by atoms with E-state index in [0.29, 0.717) is 0 Å². The van der Waals surface area contributed by atoms with Crippen LogP contribution in [0, 0.1) is 0 Å². The molecule has 0 spiro atoms. The molecule has 0 bridgehead atoms. The SMILES string of the molecule is c1ccc(-n2ccc(-c3cccc(-c4ccccn4)c3)n2)cc1. The highest BCUT2D eigenvalue weighted by atomic mass is 15.3. The number of pyridine rings is 1. The molecular weight excluding hydrogens is 282 g/mol. The summed E-state index contributed by atoms with van der Waals surface area (Å²) in [5, 5.41) is 4.68. The van der Waals surface area contributed by atoms with Gasteiger partial charge in [-0.1, -0.05) is 42.5 Å². The summed E-state index contributed by atoms with van der Waals surface area (Å²) in [5.74, 6) is 0. The highest BCUT2D eigenvalue weighted by molar-refractivity contribution is 5.69. The Morgan fingerprint density at radius 2 is 1.43 bits per heavy atom. The maximum absolute atomic E-state index is 4.68. The van der Waals surface area contributed by atoms with Gasteiger partial charge in [0, 0.05) is 23.5 Å². The van der Waals surface area contributed by atoms with E-state index in [9.17, 15) is 0 Å². The van der Waals surface area contributed by atoms with E-state index in [4.69, 9.17) is 0 Å². The Morgan fingerprint density at radius 3 is 2.22 bits per heavy atom. The lowest BCUT2D eigenvalue weighted by Gasteiger charge is -2.03. The lowest BCUT2D eigenvalue weighted by molar-refractivity contribution is 0.884. The second kappa shape index (κ2) is 5.89. The molecule has 0 radical (unpaired) electrons. The molecule has 2 heterocycles. The van der Waals surface area contributed by atoms with E-state index in [-0.39, 0.29) is 0 Å². The zero-order valence-corrected chi connectivity index (χ0v) is 12.5. The van der Waals surface area contributed by atoms with Gasteiger partial charge in [0.15, 0.2) is 0 Å². The fraction of sp³-hybridized carbons (Fsp3) is 0. The van der Waals surface area contributed by atoms with Gasteiger partial charge in [0.25, 0.3) is 0 Å². The quantitative estimate of drug-likeness (QED) is 0.553. The lowest BCUT2D eigenvalue weighted by Crippen LogP contribution is -1.94. The number of aromatic nitrogens is 3. The van der Waals surface area contributed by atoms with Crippen molar-refractivity contribution >= 4 is 0 Å². The van der Waals surface area contributed by atoms with Gasteiger partial charge in [-0.05, 0) is 36.4 Å². The molecule has 2 aromatic carbocycles. The summed E-state index contributed by atoms with van der Waals surface area (Å²) >= 11 is 0. The van der Waals surface area contributed by atoms with Crippen LogP contribution in [0.1, 0.15) is 0 Å². The first kappa shape index (κ1) is 13.5. The predicted octanol–water partition coefficient (Wildman–Crippen LogP) is 4.60. The zero-order valence-electron chi connectivity index (χ0n) is 12.5. The summed E-state index contributed by atoms with van der Waals surface area (Å²) < 4.78 is 1.89. The van der Waals surface area contributed by atoms with Crippen LogP contribution in [0.4, 0.5) is 0 Å². The summed E-state index contributed by atoms with van der Waals surface area (Å²) in [4.78, 5) is 4.41. The highest BCUT2D eigenvalue weighted by Crippen LogP contribution is 2.24. The van der Waals surface area contributed by atoms with Crippen molar-refractivity contribution in [3.8, 4) is 28.2 Å². The van der Waals surface area contributed by atoms with E-state index >= 15 is 0 Å². The van der Waals surface area contributed by atoms with Crippen LogP contribution in [0.5, 0.6) is 0 Å². The molecule has 0 aliphatic rings. The largest absolute Gasteiger partial charge is 0.256 e. The van der Waals surface area contributed by atoms with Crippen LogP contribution in [0.2, 0.25) is 0 Å². The maximum atomic E-state index is 4.68. The second-order valence-corrected chi connectivity index (χ2v) is 5.28. The fourth-order valence-corrected chi connectivity index (χ4v) is 2.57. The van der Waals surface area contributed by atoms with Crippen molar-refractivity contribution in [2.24, 2.45) is 0 Å². The third-order valence-electron chi connectivity index (χ3n) is 3.73. The van der Waals surface area contributed by atoms with E-state index in [1.54, 1.807) is 0 Å². The molecule has 0 N–H and O–H groups in total. The Morgan fingerprint density at radius 1 is 0.652 bits per heavy atom. The van der Waals surface area contributed by atoms with E-state index in [1.807, 2.05) is 77.7 Å². The third-order valence-corrected chi connectivity index (χ3v) is 3.73. The minimum Gasteiger partial charge on any atom is -0.256 e. The summed E-state index contributed by atoms with van der Waals surface area (Å²) in [5.41, 5.74) is 5.16. The molecule has 0 unspecified atom stereocenters. The van der Waals surface area contributed by atoms with Crippen LogP contribution >= 0.6 is 0 Å². The van der Waals surface area contributed by atoms with Gasteiger partial charge in [0.1, 0.15) is 0 Å². The molecule has 4 aromatic rings.